The van der Waals surface area contributed by atoms with Gasteiger partial charge in [-0.15, -0.1) is 11.3 Å². The molecule has 0 radical (unpaired) electrons. The first-order valence-electron chi connectivity index (χ1n) is 11.5. The van der Waals surface area contributed by atoms with Crippen LogP contribution in [0.25, 0.3) is 21.6 Å². The molecule has 3 heterocycles. The van der Waals surface area contributed by atoms with Crippen LogP contribution in [-0.2, 0) is 6.42 Å². The third-order valence-corrected chi connectivity index (χ3v) is 6.68. The largest absolute Gasteiger partial charge is 0.367 e. The van der Waals surface area contributed by atoms with Crippen molar-refractivity contribution in [3.8, 4) is 23.2 Å². The maximum absolute atomic E-state index is 6.45. The molecule has 0 aliphatic heterocycles. The standard InChI is InChI=1S/C29H25N5S/c1-20-7-5-6-10-22(20)11-12-24-19-35-27-26(24)33-28(23-13-15-31-16-14-23)34-29(27)32-18-25(30)17-21-8-3-2-4-9-21/h2-10,13-16,19,25H,17-18,30H2,1H3,(H,32,33,34). The molecule has 0 aliphatic rings. The summed E-state index contributed by atoms with van der Waals surface area (Å²) in [4.78, 5) is 13.9. The SMILES string of the molecule is Cc1ccccc1C#Cc1csc2c(NCC(N)Cc3ccccc3)nc(-c3ccncc3)nc12. The number of nitrogens with two attached hydrogens (primary N) is 1. The predicted octanol–water partition coefficient (Wildman–Crippen LogP) is 5.44. The van der Waals surface area contributed by atoms with E-state index < -0.39 is 0 Å². The van der Waals surface area contributed by atoms with E-state index >= 15 is 0 Å². The van der Waals surface area contributed by atoms with E-state index in [2.05, 4.69) is 52.6 Å². The Morgan fingerprint density at radius 2 is 1.66 bits per heavy atom. The zero-order chi connectivity index (χ0) is 24.0. The van der Waals surface area contributed by atoms with Gasteiger partial charge in [0.15, 0.2) is 5.82 Å². The summed E-state index contributed by atoms with van der Waals surface area (Å²) in [5.41, 5.74) is 12.5. The van der Waals surface area contributed by atoms with Crippen LogP contribution >= 0.6 is 11.3 Å². The number of benzene rings is 2. The second-order valence-corrected chi connectivity index (χ2v) is 9.23. The monoisotopic (exact) mass is 475 g/mol. The molecule has 3 aromatic heterocycles. The molecule has 1 unspecified atom stereocenters. The Bertz CT molecular complexity index is 1500. The summed E-state index contributed by atoms with van der Waals surface area (Å²) < 4.78 is 0.976. The Morgan fingerprint density at radius 3 is 2.46 bits per heavy atom. The molecule has 5 rings (SSSR count). The number of anilines is 1. The van der Waals surface area contributed by atoms with Crippen molar-refractivity contribution >= 4 is 27.4 Å². The van der Waals surface area contributed by atoms with Gasteiger partial charge < -0.3 is 11.1 Å². The van der Waals surface area contributed by atoms with Crippen molar-refractivity contribution in [2.24, 2.45) is 5.73 Å². The Kier molecular flexibility index (Phi) is 6.80. The zero-order valence-electron chi connectivity index (χ0n) is 19.4. The van der Waals surface area contributed by atoms with E-state index in [1.54, 1.807) is 23.7 Å². The number of aromatic nitrogens is 3. The van der Waals surface area contributed by atoms with E-state index in [4.69, 9.17) is 15.7 Å². The Morgan fingerprint density at radius 1 is 0.914 bits per heavy atom. The molecule has 0 saturated heterocycles. The number of hydrogen-bond donors (Lipinski definition) is 2. The maximum atomic E-state index is 6.45. The fourth-order valence-electron chi connectivity index (χ4n) is 3.82. The molecule has 172 valence electrons. The van der Waals surface area contributed by atoms with Crippen LogP contribution in [0.4, 0.5) is 5.82 Å². The fourth-order valence-corrected chi connectivity index (χ4v) is 4.72. The molecule has 0 saturated carbocycles. The molecule has 5 nitrogen and oxygen atoms in total. The lowest BCUT2D eigenvalue weighted by Gasteiger charge is -2.14. The molecule has 0 amide bonds. The summed E-state index contributed by atoms with van der Waals surface area (Å²) >= 11 is 1.60. The second-order valence-electron chi connectivity index (χ2n) is 8.35. The number of thiophene rings is 1. The van der Waals surface area contributed by atoms with Crippen molar-refractivity contribution in [1.82, 2.24) is 15.0 Å². The van der Waals surface area contributed by atoms with Crippen molar-refractivity contribution in [3.05, 3.63) is 107 Å². The lowest BCUT2D eigenvalue weighted by molar-refractivity contribution is 0.698. The second kappa shape index (κ2) is 10.5. The normalized spacial score (nSPS) is 11.6. The highest BCUT2D eigenvalue weighted by atomic mass is 32.1. The average molecular weight is 476 g/mol. The van der Waals surface area contributed by atoms with Crippen LogP contribution in [0.5, 0.6) is 0 Å². The van der Waals surface area contributed by atoms with Gasteiger partial charge in [0.05, 0.1) is 10.3 Å². The predicted molar refractivity (Wildman–Crippen MR) is 144 cm³/mol. The van der Waals surface area contributed by atoms with Crippen LogP contribution < -0.4 is 11.1 Å². The maximum Gasteiger partial charge on any atom is 0.162 e. The number of hydrogen-bond acceptors (Lipinski definition) is 6. The number of pyridine rings is 1. The first kappa shape index (κ1) is 22.7. The van der Waals surface area contributed by atoms with Crippen molar-refractivity contribution in [2.45, 2.75) is 19.4 Å². The Balaban J connectivity index is 1.49. The van der Waals surface area contributed by atoms with Crippen molar-refractivity contribution in [3.63, 3.8) is 0 Å². The summed E-state index contributed by atoms with van der Waals surface area (Å²) in [6, 6.07) is 22.2. The van der Waals surface area contributed by atoms with E-state index in [9.17, 15) is 0 Å². The lowest BCUT2D eigenvalue weighted by Crippen LogP contribution is -2.31. The van der Waals surface area contributed by atoms with Gasteiger partial charge in [0.2, 0.25) is 0 Å². The highest BCUT2D eigenvalue weighted by Crippen LogP contribution is 2.32. The van der Waals surface area contributed by atoms with Gasteiger partial charge in [-0.1, -0.05) is 60.4 Å². The fraction of sp³-hybridized carbons (Fsp3) is 0.138. The molecule has 3 N–H and O–H groups in total. The first-order valence-corrected chi connectivity index (χ1v) is 12.4. The lowest BCUT2D eigenvalue weighted by atomic mass is 10.1. The molecular formula is C29H25N5S. The molecule has 2 aromatic carbocycles. The minimum atomic E-state index is -0.0490. The summed E-state index contributed by atoms with van der Waals surface area (Å²) in [7, 11) is 0. The van der Waals surface area contributed by atoms with Crippen LogP contribution in [0, 0.1) is 18.8 Å². The zero-order valence-corrected chi connectivity index (χ0v) is 20.2. The van der Waals surface area contributed by atoms with Gasteiger partial charge in [-0.05, 0) is 42.7 Å². The molecule has 35 heavy (non-hydrogen) atoms. The summed E-state index contributed by atoms with van der Waals surface area (Å²) in [6.07, 6.45) is 4.29. The van der Waals surface area contributed by atoms with Crippen molar-refractivity contribution in [2.75, 3.05) is 11.9 Å². The number of rotatable bonds is 6. The number of nitrogens with zero attached hydrogens (tertiary/aromatic N) is 3. The van der Waals surface area contributed by atoms with E-state index in [1.807, 2.05) is 48.5 Å². The first-order chi connectivity index (χ1) is 17.2. The van der Waals surface area contributed by atoms with Gasteiger partial charge in [-0.25, -0.2) is 9.97 Å². The van der Waals surface area contributed by atoms with Gasteiger partial charge in [0.1, 0.15) is 11.3 Å². The quantitative estimate of drug-likeness (QED) is 0.320. The van der Waals surface area contributed by atoms with Crippen LogP contribution in [0.15, 0.2) is 84.5 Å². The van der Waals surface area contributed by atoms with Gasteiger partial charge in [0.25, 0.3) is 0 Å². The number of fused-ring (bicyclic) bond motifs is 1. The minimum absolute atomic E-state index is 0.0490. The third kappa shape index (κ3) is 5.38. The van der Waals surface area contributed by atoms with Crippen LogP contribution in [0.1, 0.15) is 22.3 Å². The van der Waals surface area contributed by atoms with E-state index in [0.717, 1.165) is 44.7 Å². The molecule has 0 fully saturated rings. The van der Waals surface area contributed by atoms with Gasteiger partial charge >= 0.3 is 0 Å². The highest BCUT2D eigenvalue weighted by Gasteiger charge is 2.15. The summed E-state index contributed by atoms with van der Waals surface area (Å²) in [5.74, 6) is 8.06. The number of nitrogens with one attached hydrogen (secondary N) is 1. The Hall–Kier alpha value is -4.05. The smallest absolute Gasteiger partial charge is 0.162 e. The van der Waals surface area contributed by atoms with Gasteiger partial charge in [-0.2, -0.15) is 0 Å². The average Bonchev–Trinajstić information content (AvgIpc) is 3.31. The van der Waals surface area contributed by atoms with Crippen molar-refractivity contribution < 1.29 is 0 Å². The van der Waals surface area contributed by atoms with E-state index in [1.165, 1.54) is 5.56 Å². The highest BCUT2D eigenvalue weighted by molar-refractivity contribution is 7.18. The minimum Gasteiger partial charge on any atom is -0.367 e. The Labute approximate surface area is 209 Å². The topological polar surface area (TPSA) is 76.7 Å². The summed E-state index contributed by atoms with van der Waals surface area (Å²) in [5, 5.41) is 5.54. The van der Waals surface area contributed by atoms with Gasteiger partial charge in [0, 0.05) is 41.5 Å². The molecule has 0 aliphatic carbocycles. The molecule has 1 atom stereocenters. The molecular weight excluding hydrogens is 450 g/mol. The third-order valence-electron chi connectivity index (χ3n) is 5.70. The van der Waals surface area contributed by atoms with E-state index in [-0.39, 0.29) is 6.04 Å². The van der Waals surface area contributed by atoms with Crippen LogP contribution in [0.2, 0.25) is 0 Å². The summed E-state index contributed by atoms with van der Waals surface area (Å²) in [6.45, 7) is 2.67. The van der Waals surface area contributed by atoms with Crippen LogP contribution in [-0.4, -0.2) is 27.5 Å². The molecule has 6 heteroatoms. The van der Waals surface area contributed by atoms with Crippen LogP contribution in [0.3, 0.4) is 0 Å². The molecule has 0 bridgehead atoms. The van der Waals surface area contributed by atoms with Crippen molar-refractivity contribution in [1.29, 1.82) is 0 Å². The molecule has 0 spiro atoms. The number of aryl methyl sites for hydroxylation is 1. The van der Waals surface area contributed by atoms with E-state index in [0.29, 0.717) is 12.4 Å². The molecule has 5 aromatic rings. The van der Waals surface area contributed by atoms with Gasteiger partial charge in [-0.3, -0.25) is 4.98 Å².